The van der Waals surface area contributed by atoms with E-state index in [1.807, 2.05) is 0 Å². The Hall–Kier alpha value is -3.62. The van der Waals surface area contributed by atoms with Crippen LogP contribution >= 0.6 is 0 Å². The van der Waals surface area contributed by atoms with Crippen LogP contribution in [0.5, 0.6) is 0 Å². The number of aliphatic carboxylic acids is 1. The summed E-state index contributed by atoms with van der Waals surface area (Å²) in [5.41, 5.74) is 1.62. The number of hydrogen-bond donors (Lipinski definition) is 1. The molecular weight excluding hydrogens is 341 g/mol. The second-order valence-corrected chi connectivity index (χ2v) is 5.78. The fourth-order valence-corrected chi connectivity index (χ4v) is 2.76. The standard InChI is InChI=1S/C17H12FN5O3/c1-9(17(25)26)22-7-6-13-14(16(22)24)20-21-15-12(8-19-23(13)15)10-2-4-11(18)5-3-10/h2-9H,1H3,(H,25,26)/t9-/m0/s1. The maximum absolute atomic E-state index is 13.1. The molecule has 0 fully saturated rings. The Morgan fingerprint density at radius 1 is 1.19 bits per heavy atom. The molecule has 0 aliphatic heterocycles. The zero-order valence-corrected chi connectivity index (χ0v) is 13.5. The van der Waals surface area contributed by atoms with Gasteiger partial charge < -0.3 is 5.11 Å². The maximum Gasteiger partial charge on any atom is 0.326 e. The molecule has 1 atom stereocenters. The molecule has 0 bridgehead atoms. The van der Waals surface area contributed by atoms with Gasteiger partial charge >= 0.3 is 5.97 Å². The largest absolute Gasteiger partial charge is 0.480 e. The molecule has 3 heterocycles. The van der Waals surface area contributed by atoms with Gasteiger partial charge in [-0.15, -0.1) is 10.2 Å². The SMILES string of the molecule is C[C@@H](C(=O)O)n1ccc2c(nnc3c(-c4ccc(F)cc4)cnn32)c1=O. The van der Waals surface area contributed by atoms with Gasteiger partial charge in [-0.3, -0.25) is 9.36 Å². The van der Waals surface area contributed by atoms with Crippen LogP contribution in [0, 0.1) is 5.82 Å². The smallest absolute Gasteiger partial charge is 0.326 e. The molecule has 26 heavy (non-hydrogen) atoms. The quantitative estimate of drug-likeness (QED) is 0.603. The summed E-state index contributed by atoms with van der Waals surface area (Å²) in [6.07, 6.45) is 2.95. The van der Waals surface area contributed by atoms with E-state index >= 15 is 0 Å². The first-order valence-electron chi connectivity index (χ1n) is 7.71. The van der Waals surface area contributed by atoms with Crippen LogP contribution in [0.2, 0.25) is 0 Å². The van der Waals surface area contributed by atoms with Crippen LogP contribution in [-0.4, -0.2) is 35.5 Å². The van der Waals surface area contributed by atoms with Crippen molar-refractivity contribution < 1.29 is 14.3 Å². The van der Waals surface area contributed by atoms with Gasteiger partial charge in [0, 0.05) is 11.8 Å². The van der Waals surface area contributed by atoms with Crippen LogP contribution in [-0.2, 0) is 4.79 Å². The van der Waals surface area contributed by atoms with Gasteiger partial charge in [0.25, 0.3) is 5.56 Å². The van der Waals surface area contributed by atoms with E-state index in [-0.39, 0.29) is 11.3 Å². The fourth-order valence-electron chi connectivity index (χ4n) is 2.76. The lowest BCUT2D eigenvalue weighted by molar-refractivity contribution is -0.140. The van der Waals surface area contributed by atoms with Crippen molar-refractivity contribution in [3.8, 4) is 11.1 Å². The lowest BCUT2D eigenvalue weighted by Crippen LogP contribution is -2.28. The van der Waals surface area contributed by atoms with Gasteiger partial charge in [-0.05, 0) is 30.7 Å². The Bertz CT molecular complexity index is 1210. The summed E-state index contributed by atoms with van der Waals surface area (Å²) in [6, 6.07) is 6.41. The van der Waals surface area contributed by atoms with E-state index < -0.39 is 17.6 Å². The molecule has 0 amide bonds. The van der Waals surface area contributed by atoms with Crippen molar-refractivity contribution in [2.75, 3.05) is 0 Å². The number of carboxylic acid groups (broad SMARTS) is 1. The predicted octanol–water partition coefficient (Wildman–Crippen LogP) is 1.89. The number of rotatable bonds is 3. The molecule has 0 saturated heterocycles. The molecule has 0 spiro atoms. The van der Waals surface area contributed by atoms with Crippen molar-refractivity contribution in [2.24, 2.45) is 0 Å². The summed E-state index contributed by atoms with van der Waals surface area (Å²) in [7, 11) is 0. The summed E-state index contributed by atoms with van der Waals surface area (Å²) in [6.45, 7) is 1.40. The van der Waals surface area contributed by atoms with Gasteiger partial charge in [-0.2, -0.15) is 5.10 Å². The molecule has 8 nitrogen and oxygen atoms in total. The summed E-state index contributed by atoms with van der Waals surface area (Å²) < 4.78 is 15.7. The van der Waals surface area contributed by atoms with Crippen LogP contribution in [0.3, 0.4) is 0 Å². The van der Waals surface area contributed by atoms with Gasteiger partial charge in [0.05, 0.1) is 6.20 Å². The lowest BCUT2D eigenvalue weighted by atomic mass is 10.1. The Balaban J connectivity index is 1.94. The van der Waals surface area contributed by atoms with Gasteiger partial charge in [0.15, 0.2) is 11.2 Å². The Morgan fingerprint density at radius 2 is 1.92 bits per heavy atom. The topological polar surface area (TPSA) is 102 Å². The normalized spacial score (nSPS) is 12.5. The third-order valence-corrected chi connectivity index (χ3v) is 4.22. The van der Waals surface area contributed by atoms with Gasteiger partial charge in [-0.25, -0.2) is 13.7 Å². The first-order chi connectivity index (χ1) is 12.5. The van der Waals surface area contributed by atoms with E-state index in [2.05, 4.69) is 15.3 Å². The molecule has 0 unspecified atom stereocenters. The molecule has 0 saturated carbocycles. The average Bonchev–Trinajstić information content (AvgIpc) is 3.06. The molecule has 4 rings (SSSR count). The summed E-state index contributed by atoms with van der Waals surface area (Å²) in [5, 5.41) is 21.4. The molecule has 4 aromatic rings. The molecule has 3 aromatic heterocycles. The van der Waals surface area contributed by atoms with Gasteiger partial charge in [0.1, 0.15) is 17.4 Å². The molecule has 1 N–H and O–H groups in total. The number of aromatic nitrogens is 5. The Kier molecular flexibility index (Phi) is 3.50. The highest BCUT2D eigenvalue weighted by molar-refractivity contribution is 5.83. The number of halogens is 1. The minimum absolute atomic E-state index is 0.0156. The van der Waals surface area contributed by atoms with E-state index in [0.29, 0.717) is 22.3 Å². The van der Waals surface area contributed by atoms with Crippen LogP contribution in [0.15, 0.2) is 47.5 Å². The molecule has 0 radical (unpaired) electrons. The van der Waals surface area contributed by atoms with Crippen molar-refractivity contribution in [3.05, 3.63) is 58.9 Å². The van der Waals surface area contributed by atoms with Crippen LogP contribution < -0.4 is 5.56 Å². The molecule has 9 heteroatoms. The van der Waals surface area contributed by atoms with Crippen molar-refractivity contribution in [1.29, 1.82) is 0 Å². The highest BCUT2D eigenvalue weighted by atomic mass is 19.1. The summed E-state index contributed by atoms with van der Waals surface area (Å²) in [4.78, 5) is 23.7. The molecule has 1 aromatic carbocycles. The van der Waals surface area contributed by atoms with E-state index in [4.69, 9.17) is 5.11 Å². The number of fused-ring (bicyclic) bond motifs is 3. The predicted molar refractivity (Wildman–Crippen MR) is 90.3 cm³/mol. The molecule has 0 aliphatic carbocycles. The third-order valence-electron chi connectivity index (χ3n) is 4.22. The zero-order chi connectivity index (χ0) is 18.4. The van der Waals surface area contributed by atoms with E-state index in [9.17, 15) is 14.0 Å². The van der Waals surface area contributed by atoms with Crippen molar-refractivity contribution in [1.82, 2.24) is 24.4 Å². The van der Waals surface area contributed by atoms with E-state index in [1.54, 1.807) is 24.4 Å². The highest BCUT2D eigenvalue weighted by Crippen LogP contribution is 2.24. The van der Waals surface area contributed by atoms with Crippen molar-refractivity contribution >= 4 is 22.6 Å². The second-order valence-electron chi connectivity index (χ2n) is 5.78. The summed E-state index contributed by atoms with van der Waals surface area (Å²) >= 11 is 0. The van der Waals surface area contributed by atoms with Crippen LogP contribution in [0.4, 0.5) is 4.39 Å². The number of pyridine rings is 1. The molecule has 130 valence electrons. The number of benzene rings is 1. The lowest BCUT2D eigenvalue weighted by Gasteiger charge is -2.11. The van der Waals surface area contributed by atoms with Crippen LogP contribution in [0.25, 0.3) is 27.8 Å². The first-order valence-corrected chi connectivity index (χ1v) is 7.71. The highest BCUT2D eigenvalue weighted by Gasteiger charge is 2.19. The van der Waals surface area contributed by atoms with Crippen LogP contribution in [0.1, 0.15) is 13.0 Å². The van der Waals surface area contributed by atoms with E-state index in [0.717, 1.165) is 4.57 Å². The number of carbonyl (C=O) groups is 1. The maximum atomic E-state index is 13.1. The minimum atomic E-state index is -1.13. The Labute approximate surface area is 145 Å². The average molecular weight is 353 g/mol. The fraction of sp³-hybridized carbons (Fsp3) is 0.118. The zero-order valence-electron chi connectivity index (χ0n) is 13.5. The second kappa shape index (κ2) is 5.73. The third kappa shape index (κ3) is 2.32. The number of carboxylic acids is 1. The van der Waals surface area contributed by atoms with Crippen molar-refractivity contribution in [3.63, 3.8) is 0 Å². The van der Waals surface area contributed by atoms with Gasteiger partial charge in [0.2, 0.25) is 0 Å². The number of hydrogen-bond acceptors (Lipinski definition) is 5. The molecular formula is C17H12FN5O3. The summed E-state index contributed by atoms with van der Waals surface area (Å²) in [5.74, 6) is -1.48. The first kappa shape index (κ1) is 15.9. The number of nitrogens with zero attached hydrogens (tertiary/aromatic N) is 5. The monoisotopic (exact) mass is 353 g/mol. The Morgan fingerprint density at radius 3 is 2.62 bits per heavy atom. The van der Waals surface area contributed by atoms with Gasteiger partial charge in [-0.1, -0.05) is 12.1 Å². The van der Waals surface area contributed by atoms with Crippen molar-refractivity contribution in [2.45, 2.75) is 13.0 Å². The molecule has 0 aliphatic rings. The minimum Gasteiger partial charge on any atom is -0.480 e. The van der Waals surface area contributed by atoms with E-state index in [1.165, 1.54) is 29.8 Å².